The smallest absolute Gasteiger partial charge is 0.125 e. The van der Waals surface area contributed by atoms with Crippen LogP contribution in [0, 0.1) is 0 Å². The van der Waals surface area contributed by atoms with Gasteiger partial charge >= 0.3 is 0 Å². The van der Waals surface area contributed by atoms with Crippen LogP contribution >= 0.6 is 22.9 Å². The first-order valence-corrected chi connectivity index (χ1v) is 6.95. The molecule has 2 nitrogen and oxygen atoms in total. The van der Waals surface area contributed by atoms with Crippen LogP contribution in [0.4, 0.5) is 0 Å². The number of hydrogen-bond acceptors (Lipinski definition) is 3. The van der Waals surface area contributed by atoms with Crippen LogP contribution in [-0.2, 0) is 6.42 Å². The van der Waals surface area contributed by atoms with Gasteiger partial charge in [0.15, 0.2) is 0 Å². The number of thiazole rings is 1. The molecule has 0 aliphatic heterocycles. The average molecular weight is 265 g/mol. The monoisotopic (exact) mass is 264 g/mol. The minimum Gasteiger partial charge on any atom is -0.323 e. The largest absolute Gasteiger partial charge is 0.323 e. The Bertz CT molecular complexity index is 550. The number of nitrogens with zero attached hydrogens (tertiary/aromatic N) is 1. The lowest BCUT2D eigenvalue weighted by molar-refractivity contribution is 0.573. The molecule has 2 aromatic rings. The molecule has 1 atom stereocenters. The van der Waals surface area contributed by atoms with Crippen LogP contribution in [0.5, 0.6) is 0 Å². The molecule has 0 amide bonds. The highest BCUT2D eigenvalue weighted by Gasteiger charge is 2.22. The van der Waals surface area contributed by atoms with Crippen molar-refractivity contribution in [2.45, 2.75) is 25.3 Å². The number of fused-ring (bicyclic) bond motifs is 1. The highest BCUT2D eigenvalue weighted by Crippen LogP contribution is 2.38. The molecule has 2 N–H and O–H groups in total. The Hall–Kier alpha value is -0.900. The van der Waals surface area contributed by atoms with E-state index in [1.165, 1.54) is 10.6 Å². The van der Waals surface area contributed by atoms with Gasteiger partial charge in [-0.2, -0.15) is 0 Å². The molecule has 0 spiro atoms. The normalized spacial score (nSPS) is 19.1. The minimum atomic E-state index is 0.160. The molecule has 1 aromatic carbocycles. The van der Waals surface area contributed by atoms with E-state index < -0.39 is 0 Å². The van der Waals surface area contributed by atoms with Crippen molar-refractivity contribution in [2.24, 2.45) is 5.73 Å². The highest BCUT2D eigenvalue weighted by atomic mass is 35.5. The molecule has 3 rings (SSSR count). The zero-order chi connectivity index (χ0) is 11.8. The molecule has 0 radical (unpaired) electrons. The first-order chi connectivity index (χ1) is 8.25. The molecule has 1 aliphatic carbocycles. The number of nitrogens with two attached hydrogens (primary N) is 1. The van der Waals surface area contributed by atoms with Crippen molar-refractivity contribution in [3.8, 4) is 10.6 Å². The van der Waals surface area contributed by atoms with Gasteiger partial charge < -0.3 is 5.73 Å². The zero-order valence-electron chi connectivity index (χ0n) is 9.32. The van der Waals surface area contributed by atoms with Gasteiger partial charge in [0.2, 0.25) is 0 Å². The Morgan fingerprint density at radius 2 is 2.18 bits per heavy atom. The van der Waals surface area contributed by atoms with Crippen molar-refractivity contribution < 1.29 is 0 Å². The fourth-order valence-corrected chi connectivity index (χ4v) is 3.67. The number of aromatic nitrogens is 1. The van der Waals surface area contributed by atoms with E-state index in [4.69, 9.17) is 17.3 Å². The SMILES string of the molecule is NC1CCCc2nc(-c3ccccc3Cl)sc21. The summed E-state index contributed by atoms with van der Waals surface area (Å²) in [6.45, 7) is 0. The van der Waals surface area contributed by atoms with E-state index in [0.717, 1.165) is 34.9 Å². The molecule has 1 heterocycles. The van der Waals surface area contributed by atoms with E-state index in [1.807, 2.05) is 24.3 Å². The standard InChI is InChI=1S/C13H13ClN2S/c14-9-5-2-1-4-8(9)13-16-11-7-3-6-10(15)12(11)17-13/h1-2,4-5,10H,3,6-7,15H2. The van der Waals surface area contributed by atoms with Crippen molar-refractivity contribution in [1.29, 1.82) is 0 Å². The number of hydrogen-bond donors (Lipinski definition) is 1. The van der Waals surface area contributed by atoms with E-state index >= 15 is 0 Å². The quantitative estimate of drug-likeness (QED) is 0.851. The summed E-state index contributed by atoms with van der Waals surface area (Å²) in [6.07, 6.45) is 3.25. The predicted molar refractivity (Wildman–Crippen MR) is 72.4 cm³/mol. The summed E-state index contributed by atoms with van der Waals surface area (Å²) in [4.78, 5) is 5.93. The number of rotatable bonds is 1. The summed E-state index contributed by atoms with van der Waals surface area (Å²) in [5.74, 6) is 0. The van der Waals surface area contributed by atoms with Crippen LogP contribution in [0.25, 0.3) is 10.6 Å². The van der Waals surface area contributed by atoms with Gasteiger partial charge in [-0.05, 0) is 25.3 Å². The lowest BCUT2D eigenvalue weighted by Crippen LogP contribution is -2.15. The van der Waals surface area contributed by atoms with Gasteiger partial charge in [0, 0.05) is 16.5 Å². The third kappa shape index (κ3) is 1.99. The topological polar surface area (TPSA) is 38.9 Å². The van der Waals surface area contributed by atoms with Crippen molar-refractivity contribution in [1.82, 2.24) is 4.98 Å². The number of aryl methyl sites for hydroxylation is 1. The Kier molecular flexibility index (Phi) is 2.90. The van der Waals surface area contributed by atoms with Gasteiger partial charge in [-0.25, -0.2) is 4.98 Å². The Labute approximate surface area is 109 Å². The zero-order valence-corrected chi connectivity index (χ0v) is 10.9. The van der Waals surface area contributed by atoms with E-state index in [0.29, 0.717) is 0 Å². The summed E-state index contributed by atoms with van der Waals surface area (Å²) in [5, 5.41) is 1.75. The van der Waals surface area contributed by atoms with E-state index in [1.54, 1.807) is 11.3 Å². The second-order valence-electron chi connectivity index (χ2n) is 4.31. The van der Waals surface area contributed by atoms with Crippen LogP contribution in [0.2, 0.25) is 5.02 Å². The molecule has 1 unspecified atom stereocenters. The van der Waals surface area contributed by atoms with E-state index in [9.17, 15) is 0 Å². The molecule has 4 heteroatoms. The van der Waals surface area contributed by atoms with Crippen LogP contribution in [0.1, 0.15) is 29.5 Å². The maximum Gasteiger partial charge on any atom is 0.125 e. The summed E-state index contributed by atoms with van der Waals surface area (Å²) < 4.78 is 0. The maximum atomic E-state index is 6.19. The fourth-order valence-electron chi connectivity index (χ4n) is 2.20. The van der Waals surface area contributed by atoms with E-state index in [-0.39, 0.29) is 6.04 Å². The predicted octanol–water partition coefficient (Wildman–Crippen LogP) is 3.80. The van der Waals surface area contributed by atoms with Gasteiger partial charge in [-0.1, -0.05) is 29.8 Å². The fraction of sp³-hybridized carbons (Fsp3) is 0.308. The van der Waals surface area contributed by atoms with E-state index in [2.05, 4.69) is 4.98 Å². The number of halogens is 1. The second-order valence-corrected chi connectivity index (χ2v) is 5.75. The Morgan fingerprint density at radius 1 is 1.35 bits per heavy atom. The first kappa shape index (κ1) is 11.2. The summed E-state index contributed by atoms with van der Waals surface area (Å²) >= 11 is 7.88. The molecule has 88 valence electrons. The van der Waals surface area contributed by atoms with Crippen LogP contribution in [0.15, 0.2) is 24.3 Å². The molecule has 0 bridgehead atoms. The molecule has 0 saturated heterocycles. The van der Waals surface area contributed by atoms with Crippen molar-refractivity contribution in [3.05, 3.63) is 39.9 Å². The van der Waals surface area contributed by atoms with Gasteiger partial charge in [-0.15, -0.1) is 11.3 Å². The van der Waals surface area contributed by atoms with Crippen LogP contribution in [0.3, 0.4) is 0 Å². The number of benzene rings is 1. The molecule has 0 saturated carbocycles. The Balaban J connectivity index is 2.08. The minimum absolute atomic E-state index is 0.160. The highest BCUT2D eigenvalue weighted by molar-refractivity contribution is 7.15. The van der Waals surface area contributed by atoms with Gasteiger partial charge in [0.25, 0.3) is 0 Å². The van der Waals surface area contributed by atoms with Crippen LogP contribution < -0.4 is 5.73 Å². The summed E-state index contributed by atoms with van der Waals surface area (Å²) in [5.41, 5.74) is 8.30. The van der Waals surface area contributed by atoms with Crippen LogP contribution in [-0.4, -0.2) is 4.98 Å². The van der Waals surface area contributed by atoms with Crippen molar-refractivity contribution >= 4 is 22.9 Å². The molecule has 17 heavy (non-hydrogen) atoms. The maximum absolute atomic E-state index is 6.19. The molecular formula is C13H13ClN2S. The second kappa shape index (κ2) is 4.41. The molecule has 1 aliphatic rings. The lowest BCUT2D eigenvalue weighted by atomic mass is 9.99. The van der Waals surface area contributed by atoms with Gasteiger partial charge in [0.1, 0.15) is 5.01 Å². The molecule has 0 fully saturated rings. The summed E-state index contributed by atoms with van der Waals surface area (Å²) in [6, 6.07) is 7.99. The van der Waals surface area contributed by atoms with Gasteiger partial charge in [-0.3, -0.25) is 0 Å². The third-order valence-electron chi connectivity index (χ3n) is 3.10. The third-order valence-corrected chi connectivity index (χ3v) is 4.69. The molecular weight excluding hydrogens is 252 g/mol. The van der Waals surface area contributed by atoms with Gasteiger partial charge in [0.05, 0.1) is 10.7 Å². The average Bonchev–Trinajstić information content (AvgIpc) is 2.75. The lowest BCUT2D eigenvalue weighted by Gasteiger charge is -2.15. The Morgan fingerprint density at radius 3 is 2.94 bits per heavy atom. The molecule has 1 aromatic heterocycles. The van der Waals surface area contributed by atoms with Crippen molar-refractivity contribution in [3.63, 3.8) is 0 Å². The summed E-state index contributed by atoms with van der Waals surface area (Å²) in [7, 11) is 0. The first-order valence-electron chi connectivity index (χ1n) is 5.76. The van der Waals surface area contributed by atoms with Crippen molar-refractivity contribution in [2.75, 3.05) is 0 Å².